The molecule has 0 aliphatic carbocycles. The summed E-state index contributed by atoms with van der Waals surface area (Å²) in [4.78, 5) is 16.7. The van der Waals surface area contributed by atoms with Crippen LogP contribution in [0.4, 0.5) is 5.69 Å². The van der Waals surface area contributed by atoms with Crippen molar-refractivity contribution in [2.24, 2.45) is 0 Å². The van der Waals surface area contributed by atoms with Crippen molar-refractivity contribution in [3.8, 4) is 22.9 Å². The second kappa shape index (κ2) is 8.52. The third-order valence-corrected chi connectivity index (χ3v) is 4.32. The molecule has 0 saturated carbocycles. The largest absolute Gasteiger partial charge is 0.493 e. The fourth-order valence-corrected chi connectivity index (χ4v) is 2.83. The van der Waals surface area contributed by atoms with E-state index in [9.17, 15) is 4.79 Å². The molecule has 0 bridgehead atoms. The number of ether oxygens (including phenoxy) is 2. The smallest absolute Gasteiger partial charge is 0.291 e. The van der Waals surface area contributed by atoms with Crippen LogP contribution >= 0.6 is 0 Å². The van der Waals surface area contributed by atoms with Crippen LogP contribution < -0.4 is 14.8 Å². The van der Waals surface area contributed by atoms with Crippen LogP contribution in [0.3, 0.4) is 0 Å². The van der Waals surface area contributed by atoms with Crippen molar-refractivity contribution in [2.75, 3.05) is 12.4 Å². The Morgan fingerprint density at radius 1 is 1.07 bits per heavy atom. The van der Waals surface area contributed by atoms with Crippen LogP contribution in [0.2, 0.25) is 0 Å². The molecule has 0 radical (unpaired) electrons. The molecule has 0 aliphatic rings. The van der Waals surface area contributed by atoms with Gasteiger partial charge in [0.15, 0.2) is 23.1 Å². The fourth-order valence-electron chi connectivity index (χ4n) is 2.83. The first-order valence-electron chi connectivity index (χ1n) is 9.27. The zero-order valence-electron chi connectivity index (χ0n) is 16.5. The Hall–Kier alpha value is -4.07. The minimum atomic E-state index is -0.347. The molecule has 0 unspecified atom stereocenters. The summed E-state index contributed by atoms with van der Waals surface area (Å²) in [7, 11) is 1.58. The molecule has 0 spiro atoms. The Kier molecular flexibility index (Phi) is 5.47. The maximum absolute atomic E-state index is 12.5. The highest BCUT2D eigenvalue weighted by Crippen LogP contribution is 2.27. The SMILES string of the molecule is COc1ccccc1OCc1ccc(C(=O)Nc2ccc(-c3n[nH]c(C)n3)cc2)o1. The van der Waals surface area contributed by atoms with Gasteiger partial charge < -0.3 is 19.2 Å². The van der Waals surface area contributed by atoms with E-state index in [1.807, 2.05) is 37.3 Å². The number of rotatable bonds is 7. The molecule has 4 rings (SSSR count). The average Bonchev–Trinajstić information content (AvgIpc) is 3.42. The third-order valence-electron chi connectivity index (χ3n) is 4.32. The number of carbonyl (C=O) groups is 1. The molecule has 152 valence electrons. The zero-order chi connectivity index (χ0) is 20.9. The first-order chi connectivity index (χ1) is 14.6. The van der Waals surface area contributed by atoms with E-state index in [1.54, 1.807) is 37.4 Å². The van der Waals surface area contributed by atoms with Gasteiger partial charge in [0.25, 0.3) is 5.91 Å². The van der Waals surface area contributed by atoms with Crippen LogP contribution in [0.15, 0.2) is 65.1 Å². The van der Waals surface area contributed by atoms with E-state index >= 15 is 0 Å². The number of nitrogens with one attached hydrogen (secondary N) is 2. The number of furan rings is 1. The molecule has 8 nitrogen and oxygen atoms in total. The van der Waals surface area contributed by atoms with Gasteiger partial charge in [-0.1, -0.05) is 12.1 Å². The molecular formula is C22H20N4O4. The van der Waals surface area contributed by atoms with E-state index in [0.29, 0.717) is 28.8 Å². The van der Waals surface area contributed by atoms with Gasteiger partial charge in [0, 0.05) is 11.3 Å². The Balaban J connectivity index is 1.37. The van der Waals surface area contributed by atoms with E-state index in [4.69, 9.17) is 13.9 Å². The predicted molar refractivity (Wildman–Crippen MR) is 111 cm³/mol. The van der Waals surface area contributed by atoms with Gasteiger partial charge in [0.2, 0.25) is 0 Å². The zero-order valence-corrected chi connectivity index (χ0v) is 16.5. The molecule has 2 heterocycles. The highest BCUT2D eigenvalue weighted by atomic mass is 16.5. The Labute approximate surface area is 172 Å². The van der Waals surface area contributed by atoms with Crippen LogP contribution in [-0.2, 0) is 6.61 Å². The Bertz CT molecular complexity index is 1150. The number of benzene rings is 2. The number of nitrogens with zero attached hydrogens (tertiary/aromatic N) is 2. The number of aromatic amines is 1. The highest BCUT2D eigenvalue weighted by molar-refractivity contribution is 6.02. The van der Waals surface area contributed by atoms with Gasteiger partial charge in [-0.15, -0.1) is 0 Å². The van der Waals surface area contributed by atoms with E-state index in [1.165, 1.54) is 0 Å². The first kappa shape index (κ1) is 19.3. The summed E-state index contributed by atoms with van der Waals surface area (Å²) in [6.45, 7) is 2.02. The lowest BCUT2D eigenvalue weighted by Gasteiger charge is -2.08. The van der Waals surface area contributed by atoms with Crippen LogP contribution in [0.25, 0.3) is 11.4 Å². The number of carbonyl (C=O) groups excluding carboxylic acids is 1. The third kappa shape index (κ3) is 4.33. The molecule has 0 atom stereocenters. The second-order valence-electron chi connectivity index (χ2n) is 6.48. The fraction of sp³-hybridized carbons (Fsp3) is 0.136. The van der Waals surface area contributed by atoms with Crippen LogP contribution in [0.5, 0.6) is 11.5 Å². The maximum Gasteiger partial charge on any atom is 0.291 e. The summed E-state index contributed by atoms with van der Waals surface area (Å²) in [6.07, 6.45) is 0. The number of H-pyrrole nitrogens is 1. The second-order valence-corrected chi connectivity index (χ2v) is 6.48. The van der Waals surface area contributed by atoms with Gasteiger partial charge in [0.05, 0.1) is 7.11 Å². The number of hydrogen-bond acceptors (Lipinski definition) is 6. The molecule has 30 heavy (non-hydrogen) atoms. The average molecular weight is 404 g/mol. The van der Waals surface area contributed by atoms with Crippen LogP contribution in [-0.4, -0.2) is 28.2 Å². The standard InChI is InChI=1S/C22H20N4O4/c1-14-23-21(26-25-14)15-7-9-16(10-8-15)24-22(27)20-12-11-17(30-20)13-29-19-6-4-3-5-18(19)28-2/h3-12H,13H2,1-2H3,(H,24,27)(H,23,25,26). The van der Waals surface area contributed by atoms with Crippen LogP contribution in [0.1, 0.15) is 22.1 Å². The van der Waals surface area contributed by atoms with Gasteiger partial charge in [-0.05, 0) is 55.5 Å². The number of anilines is 1. The van der Waals surface area contributed by atoms with E-state index < -0.39 is 0 Å². The van der Waals surface area contributed by atoms with Crippen molar-refractivity contribution in [3.05, 3.63) is 78.0 Å². The van der Waals surface area contributed by atoms with Crippen molar-refractivity contribution in [1.82, 2.24) is 15.2 Å². The van der Waals surface area contributed by atoms with Gasteiger partial charge in [-0.3, -0.25) is 9.89 Å². The Morgan fingerprint density at radius 2 is 1.83 bits per heavy atom. The predicted octanol–water partition coefficient (Wildman–Crippen LogP) is 4.21. The van der Waals surface area contributed by atoms with E-state index in [-0.39, 0.29) is 18.3 Å². The number of aryl methyl sites for hydroxylation is 1. The minimum Gasteiger partial charge on any atom is -0.493 e. The summed E-state index contributed by atoms with van der Waals surface area (Å²) >= 11 is 0. The van der Waals surface area contributed by atoms with Crippen molar-refractivity contribution in [1.29, 1.82) is 0 Å². The molecule has 2 aromatic carbocycles. The lowest BCUT2D eigenvalue weighted by atomic mass is 10.2. The van der Waals surface area contributed by atoms with Crippen molar-refractivity contribution < 1.29 is 18.7 Å². The highest BCUT2D eigenvalue weighted by Gasteiger charge is 2.13. The summed E-state index contributed by atoms with van der Waals surface area (Å²) in [5, 5.41) is 9.73. The molecule has 0 saturated heterocycles. The van der Waals surface area contributed by atoms with Crippen molar-refractivity contribution in [2.45, 2.75) is 13.5 Å². The molecule has 2 aromatic heterocycles. The summed E-state index contributed by atoms with van der Waals surface area (Å²) in [6, 6.07) is 17.9. The van der Waals surface area contributed by atoms with Gasteiger partial charge in [-0.25, -0.2) is 4.98 Å². The van der Waals surface area contributed by atoms with Crippen molar-refractivity contribution >= 4 is 11.6 Å². The monoisotopic (exact) mass is 404 g/mol. The van der Waals surface area contributed by atoms with E-state index in [0.717, 1.165) is 11.4 Å². The molecule has 4 aromatic rings. The summed E-state index contributed by atoms with van der Waals surface area (Å²) in [5.74, 6) is 2.96. The van der Waals surface area contributed by atoms with Gasteiger partial charge >= 0.3 is 0 Å². The quantitative estimate of drug-likeness (QED) is 0.478. The lowest BCUT2D eigenvalue weighted by molar-refractivity contribution is 0.0992. The number of para-hydroxylation sites is 2. The first-order valence-corrected chi connectivity index (χ1v) is 9.27. The topological polar surface area (TPSA) is 102 Å². The summed E-state index contributed by atoms with van der Waals surface area (Å²) < 4.78 is 16.6. The molecule has 1 amide bonds. The molecule has 8 heteroatoms. The minimum absolute atomic E-state index is 0.179. The normalized spacial score (nSPS) is 10.6. The number of hydrogen-bond donors (Lipinski definition) is 2. The van der Waals surface area contributed by atoms with Crippen LogP contribution in [0, 0.1) is 6.92 Å². The number of aromatic nitrogens is 3. The number of amides is 1. The van der Waals surface area contributed by atoms with Gasteiger partial charge in [0.1, 0.15) is 18.2 Å². The molecule has 0 aliphatic heterocycles. The van der Waals surface area contributed by atoms with Crippen molar-refractivity contribution in [3.63, 3.8) is 0 Å². The Morgan fingerprint density at radius 3 is 2.53 bits per heavy atom. The molecule has 2 N–H and O–H groups in total. The van der Waals surface area contributed by atoms with Gasteiger partial charge in [-0.2, -0.15) is 5.10 Å². The lowest BCUT2D eigenvalue weighted by Crippen LogP contribution is -2.10. The van der Waals surface area contributed by atoms with E-state index in [2.05, 4.69) is 20.5 Å². The summed E-state index contributed by atoms with van der Waals surface area (Å²) in [5.41, 5.74) is 1.49. The molecular weight excluding hydrogens is 384 g/mol. The molecule has 0 fully saturated rings. The maximum atomic E-state index is 12.5. The number of methoxy groups -OCH3 is 1.